The van der Waals surface area contributed by atoms with Gasteiger partial charge in [0.1, 0.15) is 0 Å². The van der Waals surface area contributed by atoms with E-state index in [0.29, 0.717) is 0 Å². The summed E-state index contributed by atoms with van der Waals surface area (Å²) in [5, 5.41) is 0. The first kappa shape index (κ1) is 11.5. The summed E-state index contributed by atoms with van der Waals surface area (Å²) in [5.41, 5.74) is 0. The Labute approximate surface area is 76.5 Å². The van der Waals surface area contributed by atoms with Crippen LogP contribution in [0.15, 0.2) is 0 Å². The van der Waals surface area contributed by atoms with E-state index in [2.05, 4.69) is 6.92 Å². The fourth-order valence-corrected chi connectivity index (χ4v) is 2.97. The van der Waals surface area contributed by atoms with Crippen LogP contribution in [0.5, 0.6) is 0 Å². The Morgan fingerprint density at radius 2 is 1.91 bits per heavy atom. The molecule has 68 valence electrons. The van der Waals surface area contributed by atoms with Gasteiger partial charge in [-0.3, -0.25) is 0 Å². The second kappa shape index (κ2) is 8.56. The molecule has 0 saturated heterocycles. The summed E-state index contributed by atoms with van der Waals surface area (Å²) in [5.74, 6) is 0. The molecule has 0 fully saturated rings. The van der Waals surface area contributed by atoms with Crippen LogP contribution >= 0.6 is 11.1 Å². The van der Waals surface area contributed by atoms with Gasteiger partial charge in [-0.25, -0.2) is 0 Å². The lowest BCUT2D eigenvalue weighted by Gasteiger charge is -2.05. The molecule has 0 aliphatic heterocycles. The third kappa shape index (κ3) is 8.37. The first-order chi connectivity index (χ1) is 5.31. The average molecular weight is 195 g/mol. The van der Waals surface area contributed by atoms with Crippen molar-refractivity contribution in [2.45, 2.75) is 45.6 Å². The number of hydrogen-bond donors (Lipinski definition) is 0. The third-order valence-electron chi connectivity index (χ3n) is 1.63. The van der Waals surface area contributed by atoms with Gasteiger partial charge in [0.15, 0.2) is 0 Å². The van der Waals surface area contributed by atoms with Gasteiger partial charge in [0.25, 0.3) is 8.35 Å². The molecule has 11 heavy (non-hydrogen) atoms. The lowest BCUT2D eigenvalue weighted by atomic mass is 10.2. The SMILES string of the molecule is CCCCCC[SiH](Cl)OCC. The Morgan fingerprint density at radius 3 is 2.45 bits per heavy atom. The molecule has 0 aromatic heterocycles. The minimum Gasteiger partial charge on any atom is -0.406 e. The predicted octanol–water partition coefficient (Wildman–Crippen LogP) is 3.06. The number of halogens is 1. The largest absolute Gasteiger partial charge is 0.406 e. The maximum absolute atomic E-state index is 5.98. The highest BCUT2D eigenvalue weighted by molar-refractivity contribution is 7.03. The minimum absolute atomic E-state index is 0.786. The number of hydrogen-bond acceptors (Lipinski definition) is 1. The Morgan fingerprint density at radius 1 is 1.18 bits per heavy atom. The Bertz CT molecular complexity index is 80.5. The van der Waals surface area contributed by atoms with Gasteiger partial charge in [-0.1, -0.05) is 32.6 Å². The van der Waals surface area contributed by atoms with Crippen molar-refractivity contribution in [2.24, 2.45) is 0 Å². The van der Waals surface area contributed by atoms with Crippen LogP contribution in [-0.2, 0) is 4.43 Å². The second-order valence-corrected chi connectivity index (χ2v) is 5.91. The van der Waals surface area contributed by atoms with Crippen molar-refractivity contribution < 1.29 is 4.43 Å². The highest BCUT2D eigenvalue weighted by Crippen LogP contribution is 2.08. The zero-order valence-corrected chi connectivity index (χ0v) is 9.52. The minimum atomic E-state index is -1.27. The summed E-state index contributed by atoms with van der Waals surface area (Å²) in [6, 6.07) is 1.13. The Kier molecular flexibility index (Phi) is 8.93. The molecule has 0 aliphatic rings. The average Bonchev–Trinajstić information content (AvgIpc) is 1.99. The molecule has 1 unspecified atom stereocenters. The lowest BCUT2D eigenvalue weighted by Crippen LogP contribution is -2.09. The van der Waals surface area contributed by atoms with Crippen LogP contribution in [0, 0.1) is 0 Å². The van der Waals surface area contributed by atoms with E-state index in [0.717, 1.165) is 12.7 Å². The van der Waals surface area contributed by atoms with Crippen LogP contribution in [0.2, 0.25) is 6.04 Å². The molecule has 0 aromatic rings. The van der Waals surface area contributed by atoms with Gasteiger partial charge in [0.2, 0.25) is 0 Å². The maximum atomic E-state index is 5.98. The van der Waals surface area contributed by atoms with E-state index < -0.39 is 8.35 Å². The van der Waals surface area contributed by atoms with Gasteiger partial charge < -0.3 is 4.43 Å². The van der Waals surface area contributed by atoms with Crippen molar-refractivity contribution >= 4 is 19.4 Å². The highest BCUT2D eigenvalue weighted by atomic mass is 35.6. The van der Waals surface area contributed by atoms with Crippen LogP contribution < -0.4 is 0 Å². The third-order valence-corrected chi connectivity index (χ3v) is 4.22. The molecule has 1 atom stereocenters. The second-order valence-electron chi connectivity index (χ2n) is 2.71. The first-order valence-corrected chi connectivity index (χ1v) is 7.60. The summed E-state index contributed by atoms with van der Waals surface area (Å²) in [6.07, 6.45) is 5.21. The fourth-order valence-electron chi connectivity index (χ4n) is 0.996. The maximum Gasteiger partial charge on any atom is 0.274 e. The molecule has 0 heterocycles. The van der Waals surface area contributed by atoms with Gasteiger partial charge in [0.05, 0.1) is 0 Å². The molecular formula is C8H19ClOSi. The monoisotopic (exact) mass is 194 g/mol. The van der Waals surface area contributed by atoms with E-state index in [-0.39, 0.29) is 0 Å². The van der Waals surface area contributed by atoms with Crippen LogP contribution in [0.25, 0.3) is 0 Å². The Balaban J connectivity index is 2.97. The van der Waals surface area contributed by atoms with E-state index in [1.54, 1.807) is 0 Å². The molecule has 0 rings (SSSR count). The molecule has 0 bridgehead atoms. The molecule has 0 aromatic carbocycles. The fraction of sp³-hybridized carbons (Fsp3) is 1.00. The van der Waals surface area contributed by atoms with E-state index >= 15 is 0 Å². The summed E-state index contributed by atoms with van der Waals surface area (Å²) < 4.78 is 5.33. The van der Waals surface area contributed by atoms with Crippen molar-refractivity contribution in [1.29, 1.82) is 0 Å². The van der Waals surface area contributed by atoms with Crippen molar-refractivity contribution in [2.75, 3.05) is 6.61 Å². The van der Waals surface area contributed by atoms with Crippen LogP contribution in [0.1, 0.15) is 39.5 Å². The number of unbranched alkanes of at least 4 members (excludes halogenated alkanes) is 3. The molecule has 0 radical (unpaired) electrons. The standard InChI is InChI=1S/C8H19ClOSi/c1-3-5-6-7-8-11(9)10-4-2/h11H,3-8H2,1-2H3. The summed E-state index contributed by atoms with van der Waals surface area (Å²) >= 11 is 5.98. The van der Waals surface area contributed by atoms with E-state index in [1.165, 1.54) is 25.7 Å². The quantitative estimate of drug-likeness (QED) is 0.344. The summed E-state index contributed by atoms with van der Waals surface area (Å²) in [6.45, 7) is 5.01. The lowest BCUT2D eigenvalue weighted by molar-refractivity contribution is 0.353. The zero-order valence-electron chi connectivity index (χ0n) is 7.61. The van der Waals surface area contributed by atoms with Crippen LogP contribution in [-0.4, -0.2) is 15.0 Å². The molecule has 0 saturated carbocycles. The zero-order chi connectivity index (χ0) is 8.53. The van der Waals surface area contributed by atoms with Gasteiger partial charge in [-0.2, -0.15) is 0 Å². The Hall–Kier alpha value is 0.467. The first-order valence-electron chi connectivity index (χ1n) is 4.57. The van der Waals surface area contributed by atoms with Gasteiger partial charge >= 0.3 is 0 Å². The highest BCUT2D eigenvalue weighted by Gasteiger charge is 2.04. The molecule has 0 amide bonds. The van der Waals surface area contributed by atoms with E-state index in [1.807, 2.05) is 6.92 Å². The van der Waals surface area contributed by atoms with Crippen LogP contribution in [0.4, 0.5) is 0 Å². The van der Waals surface area contributed by atoms with Gasteiger partial charge in [-0.15, -0.1) is 11.1 Å². The smallest absolute Gasteiger partial charge is 0.274 e. The predicted molar refractivity (Wildman–Crippen MR) is 53.6 cm³/mol. The summed E-state index contributed by atoms with van der Waals surface area (Å²) in [4.78, 5) is 0. The van der Waals surface area contributed by atoms with Gasteiger partial charge in [0, 0.05) is 6.61 Å². The van der Waals surface area contributed by atoms with Crippen molar-refractivity contribution in [1.82, 2.24) is 0 Å². The molecule has 0 spiro atoms. The van der Waals surface area contributed by atoms with E-state index in [4.69, 9.17) is 15.5 Å². The summed E-state index contributed by atoms with van der Waals surface area (Å²) in [7, 11) is -1.27. The molecule has 0 aliphatic carbocycles. The normalized spacial score (nSPS) is 13.4. The molecule has 3 heteroatoms. The number of rotatable bonds is 7. The van der Waals surface area contributed by atoms with E-state index in [9.17, 15) is 0 Å². The topological polar surface area (TPSA) is 9.23 Å². The van der Waals surface area contributed by atoms with Crippen LogP contribution in [0.3, 0.4) is 0 Å². The molecule has 0 N–H and O–H groups in total. The van der Waals surface area contributed by atoms with Crippen molar-refractivity contribution in [3.63, 3.8) is 0 Å². The van der Waals surface area contributed by atoms with Gasteiger partial charge in [-0.05, 0) is 13.0 Å². The van der Waals surface area contributed by atoms with Crippen molar-refractivity contribution in [3.05, 3.63) is 0 Å². The van der Waals surface area contributed by atoms with Crippen molar-refractivity contribution in [3.8, 4) is 0 Å². The molecular weight excluding hydrogens is 176 g/mol. The molecule has 1 nitrogen and oxygen atoms in total.